The smallest absolute Gasteiger partial charge is 0.337 e. The third-order valence-electron chi connectivity index (χ3n) is 7.43. The minimum atomic E-state index is -2.45. The highest BCUT2D eigenvalue weighted by Gasteiger charge is 2.59. The highest BCUT2D eigenvalue weighted by Crippen LogP contribution is 2.67. The molecule has 3 N–H and O–H groups in total. The lowest BCUT2D eigenvalue weighted by molar-refractivity contribution is 0.184. The number of amides is 2. The molecule has 0 aliphatic carbocycles. The molecule has 1 unspecified atom stereocenters. The quantitative estimate of drug-likeness (QED) is 0.590. The van der Waals surface area contributed by atoms with Crippen molar-refractivity contribution in [2.24, 2.45) is 5.10 Å². The molecular formula is C25H32N4O5S. The van der Waals surface area contributed by atoms with Crippen molar-refractivity contribution in [1.29, 1.82) is 0 Å². The monoisotopic (exact) mass is 500 g/mol. The van der Waals surface area contributed by atoms with Crippen LogP contribution < -0.4 is 19.7 Å². The molecule has 2 aromatic rings. The van der Waals surface area contributed by atoms with Crippen molar-refractivity contribution in [2.75, 3.05) is 45.0 Å². The number of nitrogens with zero attached hydrogens (tertiary/aromatic N) is 3. The molecule has 9 nitrogen and oxygen atoms in total. The SMILES string of the molecule is CNC(=O)N1N=C(c2ccc(N3CC4(CCS4(O)O)C3)cc2)c2cc(OC)c(OC)cc2CC1C. The Kier molecular flexibility index (Phi) is 5.85. The molecule has 1 spiro atoms. The van der Waals surface area contributed by atoms with Crippen LogP contribution in [-0.2, 0) is 6.42 Å². The molecule has 2 fully saturated rings. The van der Waals surface area contributed by atoms with Crippen molar-refractivity contribution in [3.63, 3.8) is 0 Å². The average molecular weight is 501 g/mol. The summed E-state index contributed by atoms with van der Waals surface area (Å²) < 4.78 is 31.2. The Morgan fingerprint density at radius 1 is 1.14 bits per heavy atom. The number of benzene rings is 2. The Hall–Kier alpha value is -2.95. The lowest BCUT2D eigenvalue weighted by atomic mass is 9.92. The summed E-state index contributed by atoms with van der Waals surface area (Å²) in [6.07, 6.45) is 1.48. The second kappa shape index (κ2) is 8.61. The molecule has 0 bridgehead atoms. The van der Waals surface area contributed by atoms with E-state index in [9.17, 15) is 13.9 Å². The number of anilines is 1. The number of carbonyl (C=O) groups is 1. The predicted molar refractivity (Wildman–Crippen MR) is 138 cm³/mol. The van der Waals surface area contributed by atoms with Gasteiger partial charge < -0.3 is 19.7 Å². The van der Waals surface area contributed by atoms with Crippen LogP contribution in [0.4, 0.5) is 10.5 Å². The standard InChI is InChI=1S/C25H32N4O5S/c1-16-11-18-12-21(33-3)22(34-4)13-20(18)23(27-29(16)24(30)26-2)17-5-7-19(8-6-17)28-14-25(15-28)9-10-35(25,31)32/h5-8,12-13,16,31-32H,9-11,14-15H2,1-4H3,(H,26,30). The molecule has 3 aliphatic rings. The highest BCUT2D eigenvalue weighted by atomic mass is 32.3. The summed E-state index contributed by atoms with van der Waals surface area (Å²) in [5, 5.41) is 8.98. The largest absolute Gasteiger partial charge is 0.493 e. The number of urea groups is 1. The van der Waals surface area contributed by atoms with E-state index >= 15 is 0 Å². The maximum Gasteiger partial charge on any atom is 0.337 e. The number of methoxy groups -OCH3 is 2. The van der Waals surface area contributed by atoms with Crippen molar-refractivity contribution in [3.8, 4) is 11.5 Å². The summed E-state index contributed by atoms with van der Waals surface area (Å²) >= 11 is 0. The number of nitrogens with one attached hydrogen (secondary N) is 1. The van der Waals surface area contributed by atoms with E-state index in [-0.39, 0.29) is 16.8 Å². The van der Waals surface area contributed by atoms with Gasteiger partial charge in [0, 0.05) is 42.7 Å². The fourth-order valence-electron chi connectivity index (χ4n) is 5.15. The fourth-order valence-corrected chi connectivity index (χ4v) is 7.02. The van der Waals surface area contributed by atoms with Gasteiger partial charge in [0.05, 0.1) is 30.7 Å². The molecular weight excluding hydrogens is 468 g/mol. The van der Waals surface area contributed by atoms with Gasteiger partial charge in [-0.2, -0.15) is 15.7 Å². The van der Waals surface area contributed by atoms with Gasteiger partial charge in [0.1, 0.15) is 0 Å². The first kappa shape index (κ1) is 23.8. The number of fused-ring (bicyclic) bond motifs is 1. The summed E-state index contributed by atoms with van der Waals surface area (Å²) in [6, 6.07) is 11.5. The van der Waals surface area contributed by atoms with Gasteiger partial charge in [0.15, 0.2) is 11.5 Å². The van der Waals surface area contributed by atoms with Crippen molar-refractivity contribution >= 4 is 28.0 Å². The van der Waals surface area contributed by atoms with Crippen molar-refractivity contribution in [3.05, 3.63) is 53.1 Å². The highest BCUT2D eigenvalue weighted by molar-refractivity contribution is 8.26. The van der Waals surface area contributed by atoms with Crippen molar-refractivity contribution in [1.82, 2.24) is 10.3 Å². The first-order valence-electron chi connectivity index (χ1n) is 11.7. The predicted octanol–water partition coefficient (Wildman–Crippen LogP) is 3.76. The lowest BCUT2D eigenvalue weighted by Crippen LogP contribution is -2.69. The number of carbonyl (C=O) groups excluding carboxylic acids is 1. The minimum absolute atomic E-state index is 0.164. The molecule has 1 atom stereocenters. The molecule has 0 saturated carbocycles. The van der Waals surface area contributed by atoms with E-state index in [1.54, 1.807) is 21.3 Å². The van der Waals surface area contributed by atoms with Crippen molar-refractivity contribution in [2.45, 2.75) is 30.6 Å². The third kappa shape index (κ3) is 3.80. The van der Waals surface area contributed by atoms with Crippen LogP contribution in [0.2, 0.25) is 0 Å². The molecule has 35 heavy (non-hydrogen) atoms. The molecule has 10 heteroatoms. The molecule has 0 aromatic heterocycles. The molecule has 188 valence electrons. The molecule has 5 rings (SSSR count). The van der Waals surface area contributed by atoms with E-state index in [0.717, 1.165) is 28.8 Å². The van der Waals surface area contributed by atoms with Gasteiger partial charge in [0.2, 0.25) is 0 Å². The molecule has 3 aliphatic heterocycles. The van der Waals surface area contributed by atoms with Gasteiger partial charge in [-0.05, 0) is 49.6 Å². The first-order valence-corrected chi connectivity index (χ1v) is 13.4. The van der Waals surface area contributed by atoms with E-state index in [1.807, 2.05) is 43.3 Å². The third-order valence-corrected chi connectivity index (χ3v) is 10.0. The van der Waals surface area contributed by atoms with E-state index < -0.39 is 10.6 Å². The molecule has 3 heterocycles. The maximum absolute atomic E-state index is 12.7. The summed E-state index contributed by atoms with van der Waals surface area (Å²) in [5.74, 6) is 1.75. The Bertz CT molecular complexity index is 1180. The second-order valence-corrected chi connectivity index (χ2v) is 12.1. The summed E-state index contributed by atoms with van der Waals surface area (Å²) in [6.45, 7) is 3.30. The zero-order chi connectivity index (χ0) is 25.0. The fraction of sp³-hybridized carbons (Fsp3) is 0.440. The van der Waals surface area contributed by atoms with Crippen LogP contribution in [-0.4, -0.2) is 76.8 Å². The summed E-state index contributed by atoms with van der Waals surface area (Å²) in [5.41, 5.74) is 4.48. The van der Waals surface area contributed by atoms with Crippen molar-refractivity contribution < 1.29 is 23.4 Å². The van der Waals surface area contributed by atoms with E-state index in [2.05, 4.69) is 10.2 Å². The Balaban J connectivity index is 1.51. The van der Waals surface area contributed by atoms with E-state index in [0.29, 0.717) is 42.5 Å². The van der Waals surface area contributed by atoms with Gasteiger partial charge in [-0.25, -0.2) is 9.80 Å². The van der Waals surface area contributed by atoms with Gasteiger partial charge in [0.25, 0.3) is 0 Å². The van der Waals surface area contributed by atoms with Crippen LogP contribution >= 0.6 is 10.6 Å². The topological polar surface area (TPSA) is 107 Å². The number of hydrogen-bond donors (Lipinski definition) is 3. The van der Waals surface area contributed by atoms with Crippen LogP contribution in [0.15, 0.2) is 41.5 Å². The lowest BCUT2D eigenvalue weighted by Gasteiger charge is -2.67. The van der Waals surface area contributed by atoms with Crippen LogP contribution in [0.1, 0.15) is 30.0 Å². The number of hydrazone groups is 1. The first-order chi connectivity index (χ1) is 16.7. The minimum Gasteiger partial charge on any atom is -0.493 e. The number of rotatable bonds is 4. The van der Waals surface area contributed by atoms with E-state index in [1.165, 1.54) is 5.01 Å². The van der Waals surface area contributed by atoms with Crippen LogP contribution in [0.3, 0.4) is 0 Å². The van der Waals surface area contributed by atoms with Gasteiger partial charge in [-0.15, -0.1) is 0 Å². The summed E-state index contributed by atoms with van der Waals surface area (Å²) in [7, 11) is 2.36. The Labute approximate surface area is 207 Å². The van der Waals surface area contributed by atoms with Gasteiger partial charge in [-0.1, -0.05) is 12.1 Å². The number of ether oxygens (including phenoxy) is 2. The molecule has 0 radical (unpaired) electrons. The maximum atomic E-state index is 12.7. The van der Waals surface area contributed by atoms with Crippen LogP contribution in [0.25, 0.3) is 0 Å². The average Bonchev–Trinajstić information content (AvgIpc) is 2.97. The molecule has 2 aromatic carbocycles. The van der Waals surface area contributed by atoms with E-state index in [4.69, 9.17) is 14.6 Å². The van der Waals surface area contributed by atoms with Crippen LogP contribution in [0, 0.1) is 0 Å². The number of hydrogen-bond acceptors (Lipinski definition) is 7. The molecule has 2 saturated heterocycles. The zero-order valence-electron chi connectivity index (χ0n) is 20.4. The normalized spacial score (nSPS) is 22.7. The van der Waals surface area contributed by atoms with Gasteiger partial charge in [-0.3, -0.25) is 9.11 Å². The van der Waals surface area contributed by atoms with Crippen LogP contribution in [0.5, 0.6) is 11.5 Å². The Morgan fingerprint density at radius 3 is 2.34 bits per heavy atom. The second-order valence-electron chi connectivity index (χ2n) is 9.47. The Morgan fingerprint density at radius 2 is 1.80 bits per heavy atom. The molecule has 2 amide bonds. The van der Waals surface area contributed by atoms with Gasteiger partial charge >= 0.3 is 6.03 Å². The zero-order valence-corrected chi connectivity index (χ0v) is 21.3. The summed E-state index contributed by atoms with van der Waals surface area (Å²) in [4.78, 5) is 14.8.